The molecule has 0 aromatic heterocycles. The third-order valence-electron chi connectivity index (χ3n) is 3.97. The van der Waals surface area contributed by atoms with E-state index in [1.807, 2.05) is 24.3 Å². The molecule has 1 heterocycles. The van der Waals surface area contributed by atoms with E-state index in [1.165, 1.54) is 19.4 Å². The first-order valence-electron chi connectivity index (χ1n) is 6.98. The molecule has 2 unspecified atom stereocenters. The predicted octanol–water partition coefficient (Wildman–Crippen LogP) is 1.33. The van der Waals surface area contributed by atoms with E-state index in [0.717, 1.165) is 12.1 Å². The Bertz CT molecular complexity index is 410. The van der Waals surface area contributed by atoms with Gasteiger partial charge >= 0.3 is 0 Å². The molecule has 0 amide bonds. The van der Waals surface area contributed by atoms with Crippen LogP contribution in [0.1, 0.15) is 24.5 Å². The summed E-state index contributed by atoms with van der Waals surface area (Å²) in [6.45, 7) is 2.85. The first-order valence-corrected chi connectivity index (χ1v) is 6.98. The van der Waals surface area contributed by atoms with Crippen molar-refractivity contribution in [3.8, 4) is 0 Å². The van der Waals surface area contributed by atoms with Gasteiger partial charge in [0.05, 0.1) is 6.10 Å². The number of aliphatic hydroxyl groups is 1. The van der Waals surface area contributed by atoms with Crippen LogP contribution in [0.5, 0.6) is 0 Å². The Morgan fingerprint density at radius 2 is 2.32 bits per heavy atom. The Hall–Kier alpha value is -1.10. The molecule has 2 rings (SSSR count). The highest BCUT2D eigenvalue weighted by molar-refractivity contribution is 5.41. The quantitative estimate of drug-likeness (QED) is 0.787. The second kappa shape index (κ2) is 6.37. The van der Waals surface area contributed by atoms with Crippen molar-refractivity contribution in [3.63, 3.8) is 0 Å². The Labute approximate surface area is 115 Å². The van der Waals surface area contributed by atoms with Crippen molar-refractivity contribution in [1.82, 2.24) is 9.80 Å². The number of benzene rings is 1. The molecule has 0 bridgehead atoms. The molecule has 106 valence electrons. The van der Waals surface area contributed by atoms with Gasteiger partial charge in [-0.2, -0.15) is 0 Å². The maximum atomic E-state index is 10.2. The van der Waals surface area contributed by atoms with Crippen LogP contribution in [0.4, 0.5) is 5.69 Å². The minimum absolute atomic E-state index is 0.472. The Kier molecular flexibility index (Phi) is 4.80. The summed E-state index contributed by atoms with van der Waals surface area (Å²) in [5, 5.41) is 10.2. The second-order valence-corrected chi connectivity index (χ2v) is 5.68. The summed E-state index contributed by atoms with van der Waals surface area (Å²) in [6.07, 6.45) is 2.07. The van der Waals surface area contributed by atoms with Gasteiger partial charge in [0, 0.05) is 24.8 Å². The topological polar surface area (TPSA) is 52.7 Å². The summed E-state index contributed by atoms with van der Waals surface area (Å²) in [4.78, 5) is 4.61. The van der Waals surface area contributed by atoms with E-state index >= 15 is 0 Å². The molecule has 2 atom stereocenters. The standard InChI is InChI=1S/C15H25N3O/c1-17(10-14-7-4-8-18(14)2)11-15(19)12-5-3-6-13(16)9-12/h3,5-6,9,14-15,19H,4,7-8,10-11,16H2,1-2H3. The molecule has 1 aromatic rings. The van der Waals surface area contributed by atoms with Gasteiger partial charge in [-0.05, 0) is 51.2 Å². The fourth-order valence-electron chi connectivity index (χ4n) is 2.81. The first kappa shape index (κ1) is 14.3. The number of nitrogen functional groups attached to an aromatic ring is 1. The lowest BCUT2D eigenvalue weighted by atomic mass is 10.1. The van der Waals surface area contributed by atoms with E-state index in [9.17, 15) is 5.11 Å². The zero-order valence-electron chi connectivity index (χ0n) is 11.9. The number of nitrogens with two attached hydrogens (primary N) is 1. The van der Waals surface area contributed by atoms with Crippen molar-refractivity contribution >= 4 is 5.69 Å². The lowest BCUT2D eigenvalue weighted by molar-refractivity contribution is 0.113. The Morgan fingerprint density at radius 1 is 1.53 bits per heavy atom. The molecule has 0 radical (unpaired) electrons. The maximum absolute atomic E-state index is 10.2. The number of likely N-dealkylation sites (N-methyl/N-ethyl adjacent to an activating group) is 2. The van der Waals surface area contributed by atoms with Crippen LogP contribution in [0.15, 0.2) is 24.3 Å². The number of nitrogens with zero attached hydrogens (tertiary/aromatic N) is 2. The highest BCUT2D eigenvalue weighted by atomic mass is 16.3. The average Bonchev–Trinajstić information content (AvgIpc) is 2.75. The monoisotopic (exact) mass is 263 g/mol. The summed E-state index contributed by atoms with van der Waals surface area (Å²) in [6, 6.07) is 8.13. The number of likely N-dealkylation sites (tertiary alicyclic amines) is 1. The molecule has 4 heteroatoms. The normalized spacial score (nSPS) is 22.0. The van der Waals surface area contributed by atoms with Crippen molar-refractivity contribution in [2.75, 3.05) is 39.5 Å². The van der Waals surface area contributed by atoms with Crippen LogP contribution in [0.3, 0.4) is 0 Å². The van der Waals surface area contributed by atoms with Crippen LogP contribution >= 0.6 is 0 Å². The third-order valence-corrected chi connectivity index (χ3v) is 3.97. The molecule has 0 saturated carbocycles. The Morgan fingerprint density at radius 3 is 2.95 bits per heavy atom. The molecule has 1 aromatic carbocycles. The number of hydrogen-bond donors (Lipinski definition) is 2. The van der Waals surface area contributed by atoms with E-state index in [4.69, 9.17) is 5.73 Å². The lowest BCUT2D eigenvalue weighted by Crippen LogP contribution is -2.38. The summed E-state index contributed by atoms with van der Waals surface area (Å²) < 4.78 is 0. The molecule has 1 aliphatic heterocycles. The molecule has 19 heavy (non-hydrogen) atoms. The van der Waals surface area contributed by atoms with Gasteiger partial charge in [-0.15, -0.1) is 0 Å². The van der Waals surface area contributed by atoms with E-state index in [1.54, 1.807) is 0 Å². The number of aliphatic hydroxyl groups excluding tert-OH is 1. The van der Waals surface area contributed by atoms with Crippen LogP contribution in [0.25, 0.3) is 0 Å². The fourth-order valence-corrected chi connectivity index (χ4v) is 2.81. The van der Waals surface area contributed by atoms with Gasteiger partial charge in [-0.25, -0.2) is 0 Å². The smallest absolute Gasteiger partial charge is 0.0917 e. The van der Waals surface area contributed by atoms with Crippen LogP contribution in [-0.4, -0.2) is 54.7 Å². The zero-order valence-corrected chi connectivity index (χ0v) is 11.9. The maximum Gasteiger partial charge on any atom is 0.0917 e. The molecule has 4 nitrogen and oxygen atoms in total. The zero-order chi connectivity index (χ0) is 13.8. The molecule has 1 aliphatic rings. The number of rotatable bonds is 5. The molecule has 1 saturated heterocycles. The highest BCUT2D eigenvalue weighted by Crippen LogP contribution is 2.19. The number of hydrogen-bond acceptors (Lipinski definition) is 4. The summed E-state index contributed by atoms with van der Waals surface area (Å²) in [5.74, 6) is 0. The van der Waals surface area contributed by atoms with Crippen molar-refractivity contribution in [2.45, 2.75) is 25.0 Å². The highest BCUT2D eigenvalue weighted by Gasteiger charge is 2.22. The van der Waals surface area contributed by atoms with E-state index in [2.05, 4.69) is 23.9 Å². The first-order chi connectivity index (χ1) is 9.06. The Balaban J connectivity index is 1.86. The summed E-state index contributed by atoms with van der Waals surface area (Å²) >= 11 is 0. The van der Waals surface area contributed by atoms with Crippen molar-refractivity contribution in [2.24, 2.45) is 0 Å². The van der Waals surface area contributed by atoms with Crippen LogP contribution < -0.4 is 5.73 Å². The molecular formula is C15H25N3O. The van der Waals surface area contributed by atoms with E-state index in [-0.39, 0.29) is 0 Å². The van der Waals surface area contributed by atoms with Gasteiger partial charge in [0.1, 0.15) is 0 Å². The van der Waals surface area contributed by atoms with Gasteiger partial charge in [0.15, 0.2) is 0 Å². The van der Waals surface area contributed by atoms with Crippen molar-refractivity contribution in [3.05, 3.63) is 29.8 Å². The second-order valence-electron chi connectivity index (χ2n) is 5.68. The minimum atomic E-state index is -0.472. The van der Waals surface area contributed by atoms with Gasteiger partial charge < -0.3 is 20.6 Å². The van der Waals surface area contributed by atoms with Crippen molar-refractivity contribution < 1.29 is 5.11 Å². The van der Waals surface area contributed by atoms with Gasteiger partial charge in [-0.3, -0.25) is 0 Å². The molecule has 0 spiro atoms. The van der Waals surface area contributed by atoms with Crippen LogP contribution in [0, 0.1) is 0 Å². The molecule has 1 fully saturated rings. The summed E-state index contributed by atoms with van der Waals surface area (Å²) in [7, 11) is 4.25. The number of anilines is 1. The van der Waals surface area contributed by atoms with Crippen molar-refractivity contribution in [1.29, 1.82) is 0 Å². The SMILES string of the molecule is CN(CC(O)c1cccc(N)c1)CC1CCCN1C. The minimum Gasteiger partial charge on any atom is -0.399 e. The van der Waals surface area contributed by atoms with Gasteiger partial charge in [0.2, 0.25) is 0 Å². The van der Waals surface area contributed by atoms with Gasteiger partial charge in [-0.1, -0.05) is 12.1 Å². The lowest BCUT2D eigenvalue weighted by Gasteiger charge is -2.27. The fraction of sp³-hybridized carbons (Fsp3) is 0.600. The summed E-state index contributed by atoms with van der Waals surface area (Å²) in [5.41, 5.74) is 7.34. The van der Waals surface area contributed by atoms with E-state index in [0.29, 0.717) is 18.3 Å². The molecular weight excluding hydrogens is 238 g/mol. The van der Waals surface area contributed by atoms with Gasteiger partial charge in [0.25, 0.3) is 0 Å². The molecule has 0 aliphatic carbocycles. The van der Waals surface area contributed by atoms with E-state index < -0.39 is 6.10 Å². The predicted molar refractivity (Wildman–Crippen MR) is 79.0 cm³/mol. The van der Waals surface area contributed by atoms with Crippen LogP contribution in [0.2, 0.25) is 0 Å². The molecule has 3 N–H and O–H groups in total. The van der Waals surface area contributed by atoms with Crippen LogP contribution in [-0.2, 0) is 0 Å². The average molecular weight is 263 g/mol. The largest absolute Gasteiger partial charge is 0.399 e. The third kappa shape index (κ3) is 3.93.